The van der Waals surface area contributed by atoms with Crippen LogP contribution in [0.5, 0.6) is 0 Å². The molecule has 3 nitrogen and oxygen atoms in total. The van der Waals surface area contributed by atoms with Crippen molar-refractivity contribution in [3.63, 3.8) is 0 Å². The van der Waals surface area contributed by atoms with Crippen LogP contribution in [0.2, 0.25) is 0 Å². The quantitative estimate of drug-likeness (QED) is 0.620. The molecular weight excluding hydrogens is 156 g/mol. The van der Waals surface area contributed by atoms with Gasteiger partial charge in [-0.1, -0.05) is 20.8 Å². The molecule has 0 unspecified atom stereocenters. The lowest BCUT2D eigenvalue weighted by molar-refractivity contribution is 0.0347. The van der Waals surface area contributed by atoms with Crippen molar-refractivity contribution in [2.45, 2.75) is 47.1 Å². The smallest absolute Gasteiger partial charge is 0.434 e. The Morgan fingerprint density at radius 1 is 1.33 bits per heavy atom. The first-order valence-corrected chi connectivity index (χ1v) is 4.50. The molecule has 3 heteroatoms. The molecule has 0 heterocycles. The third-order valence-electron chi connectivity index (χ3n) is 0.756. The highest BCUT2D eigenvalue weighted by Gasteiger charge is 2.03. The van der Waals surface area contributed by atoms with E-state index in [2.05, 4.69) is 4.74 Å². The molecule has 0 aromatic rings. The molecular formula is C9H20O3. The molecule has 0 aromatic heterocycles. The van der Waals surface area contributed by atoms with Gasteiger partial charge in [-0.25, -0.2) is 4.79 Å². The first-order valence-electron chi connectivity index (χ1n) is 4.50. The topological polar surface area (TPSA) is 35.5 Å². The summed E-state index contributed by atoms with van der Waals surface area (Å²) < 4.78 is 9.33. The molecule has 0 radical (unpaired) electrons. The number of carbonyl (C=O) groups is 1. The van der Waals surface area contributed by atoms with Crippen LogP contribution in [0.1, 0.15) is 41.0 Å². The normalized spacial score (nSPS) is 8.50. The Labute approximate surface area is 75.1 Å². The summed E-state index contributed by atoms with van der Waals surface area (Å²) >= 11 is 0. The maximum atomic E-state index is 10.6. The van der Waals surface area contributed by atoms with Gasteiger partial charge in [0.15, 0.2) is 0 Å². The molecule has 0 fully saturated rings. The molecule has 0 aliphatic carbocycles. The summed E-state index contributed by atoms with van der Waals surface area (Å²) in [6, 6.07) is 0. The van der Waals surface area contributed by atoms with Gasteiger partial charge < -0.3 is 9.47 Å². The molecule has 0 saturated heterocycles. The molecule has 0 aromatic carbocycles. The predicted octanol–water partition coefficient (Wildman–Crippen LogP) is 2.98. The Morgan fingerprint density at radius 3 is 2.17 bits per heavy atom. The zero-order chi connectivity index (χ0) is 9.98. The van der Waals surface area contributed by atoms with Crippen molar-refractivity contribution in [1.82, 2.24) is 0 Å². The van der Waals surface area contributed by atoms with Crippen LogP contribution in [-0.2, 0) is 9.47 Å². The molecule has 74 valence electrons. The van der Waals surface area contributed by atoms with E-state index in [1.54, 1.807) is 13.8 Å². The minimum absolute atomic E-state index is 0.0932. The van der Waals surface area contributed by atoms with Gasteiger partial charge in [-0.05, 0) is 20.3 Å². The van der Waals surface area contributed by atoms with Crippen LogP contribution in [0.3, 0.4) is 0 Å². The summed E-state index contributed by atoms with van der Waals surface area (Å²) in [5.74, 6) is 0. The molecule has 0 amide bonds. The summed E-state index contributed by atoms with van der Waals surface area (Å²) in [7, 11) is 0. The molecule has 0 N–H and O–H groups in total. The van der Waals surface area contributed by atoms with Crippen molar-refractivity contribution >= 4 is 6.16 Å². The maximum Gasteiger partial charge on any atom is 0.508 e. The van der Waals surface area contributed by atoms with Crippen molar-refractivity contribution in [2.24, 2.45) is 0 Å². The van der Waals surface area contributed by atoms with Gasteiger partial charge in [-0.15, -0.1) is 0 Å². The molecule has 0 saturated carbocycles. The zero-order valence-electron chi connectivity index (χ0n) is 8.72. The largest absolute Gasteiger partial charge is 0.508 e. The fraction of sp³-hybridized carbons (Fsp3) is 0.889. The summed E-state index contributed by atoms with van der Waals surface area (Å²) in [5.41, 5.74) is 0. The summed E-state index contributed by atoms with van der Waals surface area (Å²) in [5, 5.41) is 0. The van der Waals surface area contributed by atoms with Crippen LogP contribution < -0.4 is 0 Å². The second kappa shape index (κ2) is 10.3. The van der Waals surface area contributed by atoms with Crippen LogP contribution in [0.4, 0.5) is 4.79 Å². The van der Waals surface area contributed by atoms with Gasteiger partial charge in [0.25, 0.3) is 0 Å². The minimum Gasteiger partial charge on any atom is -0.434 e. The molecule has 0 aliphatic heterocycles. The van der Waals surface area contributed by atoms with Crippen LogP contribution in [0.15, 0.2) is 0 Å². The van der Waals surface area contributed by atoms with Gasteiger partial charge in [0.05, 0.1) is 12.7 Å². The first-order chi connectivity index (χ1) is 5.66. The fourth-order valence-electron chi connectivity index (χ4n) is 0.412. The summed E-state index contributed by atoms with van der Waals surface area (Å²) in [4.78, 5) is 10.6. The van der Waals surface area contributed by atoms with Gasteiger partial charge in [-0.2, -0.15) is 0 Å². The third-order valence-corrected chi connectivity index (χ3v) is 0.756. The fourth-order valence-corrected chi connectivity index (χ4v) is 0.412. The standard InChI is InChI=1S/C7H14O3.C2H6/c1-4-5-9-7(8)10-6(2)3;1-2/h6H,4-5H2,1-3H3;1-2H3. The number of rotatable bonds is 3. The highest BCUT2D eigenvalue weighted by atomic mass is 16.7. The Hall–Kier alpha value is -0.730. The first kappa shape index (κ1) is 13.8. The van der Waals surface area contributed by atoms with Crippen LogP contribution in [0.25, 0.3) is 0 Å². The van der Waals surface area contributed by atoms with Gasteiger partial charge in [0.1, 0.15) is 0 Å². The second-order valence-corrected chi connectivity index (χ2v) is 2.27. The maximum absolute atomic E-state index is 10.6. The Bertz CT molecular complexity index is 99.9. The van der Waals surface area contributed by atoms with E-state index in [1.807, 2.05) is 20.8 Å². The summed E-state index contributed by atoms with van der Waals surface area (Å²) in [6.45, 7) is 9.94. The Morgan fingerprint density at radius 2 is 1.83 bits per heavy atom. The number of ether oxygens (including phenoxy) is 2. The number of hydrogen-bond donors (Lipinski definition) is 0. The van der Waals surface area contributed by atoms with E-state index in [9.17, 15) is 4.79 Å². The second-order valence-electron chi connectivity index (χ2n) is 2.27. The molecule has 0 aliphatic rings. The van der Waals surface area contributed by atoms with E-state index >= 15 is 0 Å². The highest BCUT2D eigenvalue weighted by molar-refractivity contribution is 5.59. The van der Waals surface area contributed by atoms with Gasteiger partial charge in [0, 0.05) is 0 Å². The monoisotopic (exact) mass is 176 g/mol. The third kappa shape index (κ3) is 12.0. The van der Waals surface area contributed by atoms with E-state index in [-0.39, 0.29) is 6.10 Å². The molecule has 0 rings (SSSR count). The zero-order valence-corrected chi connectivity index (χ0v) is 8.72. The van der Waals surface area contributed by atoms with Crippen LogP contribution in [0, 0.1) is 0 Å². The lowest BCUT2D eigenvalue weighted by atomic mass is 10.5. The van der Waals surface area contributed by atoms with E-state index < -0.39 is 6.16 Å². The Balaban J connectivity index is 0. The minimum atomic E-state index is -0.572. The van der Waals surface area contributed by atoms with Gasteiger partial charge in [-0.3, -0.25) is 0 Å². The lowest BCUT2D eigenvalue weighted by Crippen LogP contribution is -2.13. The van der Waals surface area contributed by atoms with E-state index in [1.165, 1.54) is 0 Å². The number of carbonyl (C=O) groups excluding carboxylic acids is 1. The van der Waals surface area contributed by atoms with E-state index in [4.69, 9.17) is 4.74 Å². The highest BCUT2D eigenvalue weighted by Crippen LogP contribution is 1.92. The number of hydrogen-bond acceptors (Lipinski definition) is 3. The van der Waals surface area contributed by atoms with Gasteiger partial charge in [0.2, 0.25) is 0 Å². The van der Waals surface area contributed by atoms with Crippen molar-refractivity contribution in [3.05, 3.63) is 0 Å². The predicted molar refractivity (Wildman–Crippen MR) is 49.2 cm³/mol. The molecule has 0 atom stereocenters. The van der Waals surface area contributed by atoms with Gasteiger partial charge >= 0.3 is 6.16 Å². The van der Waals surface area contributed by atoms with Crippen LogP contribution in [-0.4, -0.2) is 18.9 Å². The van der Waals surface area contributed by atoms with Crippen molar-refractivity contribution in [3.8, 4) is 0 Å². The summed E-state index contributed by atoms with van der Waals surface area (Å²) in [6.07, 6.45) is 0.161. The van der Waals surface area contributed by atoms with Crippen molar-refractivity contribution in [2.75, 3.05) is 6.61 Å². The molecule has 0 spiro atoms. The average Bonchev–Trinajstić information content (AvgIpc) is 2.03. The lowest BCUT2D eigenvalue weighted by Gasteiger charge is -2.06. The average molecular weight is 176 g/mol. The van der Waals surface area contributed by atoms with Crippen molar-refractivity contribution < 1.29 is 14.3 Å². The van der Waals surface area contributed by atoms with E-state index in [0.717, 1.165) is 6.42 Å². The van der Waals surface area contributed by atoms with Crippen LogP contribution >= 0.6 is 0 Å². The SMILES string of the molecule is CC.CCCOC(=O)OC(C)C. The molecule has 12 heavy (non-hydrogen) atoms. The molecule has 0 bridgehead atoms. The Kier molecular flexibility index (Phi) is 11.8. The van der Waals surface area contributed by atoms with E-state index in [0.29, 0.717) is 6.61 Å². The van der Waals surface area contributed by atoms with Crippen molar-refractivity contribution in [1.29, 1.82) is 0 Å².